The first-order valence-corrected chi connectivity index (χ1v) is 13.3. The summed E-state index contributed by atoms with van der Waals surface area (Å²) in [5, 5.41) is 0. The minimum atomic E-state index is -4.06. The number of methoxy groups -OCH3 is 1. The van der Waals surface area contributed by atoms with E-state index in [1.165, 1.54) is 12.1 Å². The molecule has 3 aromatic carbocycles. The van der Waals surface area contributed by atoms with Crippen molar-refractivity contribution in [1.29, 1.82) is 0 Å². The van der Waals surface area contributed by atoms with Gasteiger partial charge in [0.2, 0.25) is 5.91 Å². The summed E-state index contributed by atoms with van der Waals surface area (Å²) in [5.74, 6) is -0.723. The molecule has 1 unspecified atom stereocenters. The van der Waals surface area contributed by atoms with Crippen molar-refractivity contribution in [3.05, 3.63) is 83.4 Å². The number of aromatic nitrogens is 2. The van der Waals surface area contributed by atoms with Gasteiger partial charge in [-0.3, -0.25) is 4.79 Å². The third kappa shape index (κ3) is 5.68. The number of amides is 1. The van der Waals surface area contributed by atoms with E-state index in [1.807, 2.05) is 24.3 Å². The zero-order chi connectivity index (χ0) is 25.2. The topological polar surface area (TPSA) is 98.2 Å². The number of carbonyl (C=O) groups is 1. The lowest BCUT2D eigenvalue weighted by Gasteiger charge is -2.20. The third-order valence-electron chi connectivity index (χ3n) is 5.84. The number of nitrogens with zero attached hydrogens (tertiary/aromatic N) is 2. The highest BCUT2D eigenvalue weighted by molar-refractivity contribution is 7.90. The van der Waals surface area contributed by atoms with Gasteiger partial charge >= 0.3 is 0 Å². The van der Waals surface area contributed by atoms with E-state index >= 15 is 0 Å². The molecule has 1 N–H and O–H groups in total. The highest BCUT2D eigenvalue weighted by Crippen LogP contribution is 2.28. The Morgan fingerprint density at radius 2 is 1.71 bits per heavy atom. The van der Waals surface area contributed by atoms with Crippen LogP contribution < -0.4 is 9.46 Å². The van der Waals surface area contributed by atoms with Crippen molar-refractivity contribution in [2.24, 2.45) is 0 Å². The second-order valence-electron chi connectivity index (χ2n) is 9.36. The van der Waals surface area contributed by atoms with Crippen molar-refractivity contribution in [2.45, 2.75) is 43.4 Å². The second kappa shape index (κ2) is 9.75. The van der Waals surface area contributed by atoms with Crippen molar-refractivity contribution >= 4 is 38.7 Å². The molecule has 0 bridgehead atoms. The summed E-state index contributed by atoms with van der Waals surface area (Å²) in [7, 11) is -2.49. The molecule has 7 nitrogen and oxygen atoms in total. The first-order valence-electron chi connectivity index (χ1n) is 11.1. The molecule has 4 rings (SSSR count). The van der Waals surface area contributed by atoms with E-state index in [4.69, 9.17) is 4.74 Å². The molecule has 35 heavy (non-hydrogen) atoms. The highest BCUT2D eigenvalue weighted by Gasteiger charge is 2.27. The minimum Gasteiger partial charge on any atom is -0.497 e. The van der Waals surface area contributed by atoms with Gasteiger partial charge in [0.15, 0.2) is 0 Å². The second-order valence-corrected chi connectivity index (χ2v) is 11.6. The normalized spacial score (nSPS) is 12.9. The monoisotopic (exact) mass is 509 g/mol. The van der Waals surface area contributed by atoms with E-state index in [0.29, 0.717) is 16.8 Å². The Morgan fingerprint density at radius 1 is 1.00 bits per heavy atom. The van der Waals surface area contributed by atoms with Crippen LogP contribution in [-0.2, 0) is 26.7 Å². The Kier molecular flexibility index (Phi) is 6.91. The van der Waals surface area contributed by atoms with Gasteiger partial charge in [0.1, 0.15) is 16.8 Å². The van der Waals surface area contributed by atoms with Crippen LogP contribution in [0.25, 0.3) is 11.0 Å². The highest BCUT2D eigenvalue weighted by atomic mass is 32.2. The molecule has 0 aliphatic heterocycles. The first kappa shape index (κ1) is 24.8. The quantitative estimate of drug-likeness (QED) is 0.383. The summed E-state index contributed by atoms with van der Waals surface area (Å²) in [5.41, 5.74) is 3.78. The number of hydrogen-bond donors (Lipinski definition) is 1. The van der Waals surface area contributed by atoms with Crippen LogP contribution in [0, 0.1) is 0 Å². The summed E-state index contributed by atoms with van der Waals surface area (Å²) in [6, 6.07) is 19.3. The molecule has 9 heteroatoms. The van der Waals surface area contributed by atoms with Gasteiger partial charge in [-0.1, -0.05) is 51.1 Å². The molecule has 0 saturated heterocycles. The van der Waals surface area contributed by atoms with E-state index in [0.717, 1.165) is 28.4 Å². The summed E-state index contributed by atoms with van der Waals surface area (Å²) in [6.45, 7) is 6.16. The van der Waals surface area contributed by atoms with Crippen LogP contribution in [-0.4, -0.2) is 30.2 Å². The molecule has 182 valence electrons. The summed E-state index contributed by atoms with van der Waals surface area (Å²) in [6.07, 6.45) is 0.282. The zero-order valence-electron chi connectivity index (χ0n) is 20.0. The zero-order valence-corrected chi connectivity index (χ0v) is 21.6. The van der Waals surface area contributed by atoms with Gasteiger partial charge in [-0.05, 0) is 64.9 Å². The van der Waals surface area contributed by atoms with Crippen LogP contribution in [0.5, 0.6) is 5.75 Å². The maximum atomic E-state index is 13.4. The van der Waals surface area contributed by atoms with Crippen LogP contribution in [0.15, 0.2) is 71.6 Å². The number of ether oxygens (including phenoxy) is 1. The third-order valence-corrected chi connectivity index (χ3v) is 7.76. The molecule has 0 fully saturated rings. The van der Waals surface area contributed by atoms with Gasteiger partial charge in [0.05, 0.1) is 29.7 Å². The van der Waals surface area contributed by atoms with Gasteiger partial charge in [-0.15, -0.1) is 0 Å². The van der Waals surface area contributed by atoms with Crippen molar-refractivity contribution in [3.63, 3.8) is 0 Å². The number of benzene rings is 3. The largest absolute Gasteiger partial charge is 0.497 e. The number of rotatable bonds is 7. The Bertz CT molecular complexity index is 1460. The Balaban J connectivity index is 1.65. The fourth-order valence-corrected chi connectivity index (χ4v) is 5.35. The fraction of sp³-hybridized carbons (Fsp3) is 0.269. The van der Waals surface area contributed by atoms with Crippen LogP contribution in [0.3, 0.4) is 0 Å². The van der Waals surface area contributed by atoms with E-state index < -0.39 is 21.8 Å². The average Bonchev–Trinajstić information content (AvgIpc) is 3.30. The van der Waals surface area contributed by atoms with Crippen molar-refractivity contribution in [3.8, 4) is 5.75 Å². The summed E-state index contributed by atoms with van der Waals surface area (Å²) >= 11 is 1.09. The Labute approximate surface area is 209 Å². The van der Waals surface area contributed by atoms with Gasteiger partial charge < -0.3 is 4.74 Å². The van der Waals surface area contributed by atoms with Crippen molar-refractivity contribution < 1.29 is 17.9 Å². The van der Waals surface area contributed by atoms with Crippen molar-refractivity contribution in [1.82, 2.24) is 13.5 Å². The predicted molar refractivity (Wildman–Crippen MR) is 137 cm³/mol. The smallest absolute Gasteiger partial charge is 0.264 e. The van der Waals surface area contributed by atoms with E-state index in [9.17, 15) is 13.2 Å². The van der Waals surface area contributed by atoms with Crippen LogP contribution >= 0.6 is 11.7 Å². The SMILES string of the molecule is COc1cccc(CC(C(=O)NS(=O)(=O)c2ccc(C(C)(C)C)cc2)c2ccc3nsnc3c2)c1. The van der Waals surface area contributed by atoms with E-state index in [1.54, 1.807) is 37.4 Å². The lowest BCUT2D eigenvalue weighted by atomic mass is 9.87. The lowest BCUT2D eigenvalue weighted by molar-refractivity contribution is -0.120. The molecule has 4 aromatic rings. The minimum absolute atomic E-state index is 0.0399. The summed E-state index contributed by atoms with van der Waals surface area (Å²) in [4.78, 5) is 13.5. The molecular weight excluding hydrogens is 482 g/mol. The number of nitrogens with one attached hydrogen (secondary N) is 1. The number of carbonyl (C=O) groups excluding carboxylic acids is 1. The molecule has 0 spiro atoms. The number of sulfonamides is 1. The Hall–Kier alpha value is -3.30. The van der Waals surface area contributed by atoms with Crippen LogP contribution in [0.2, 0.25) is 0 Å². The molecule has 0 aliphatic rings. The van der Waals surface area contributed by atoms with Crippen LogP contribution in [0.4, 0.5) is 0 Å². The Morgan fingerprint density at radius 3 is 2.40 bits per heavy atom. The molecule has 1 heterocycles. The van der Waals surface area contributed by atoms with Crippen molar-refractivity contribution in [2.75, 3.05) is 7.11 Å². The molecule has 1 amide bonds. The molecule has 1 atom stereocenters. The van der Waals surface area contributed by atoms with E-state index in [-0.39, 0.29) is 16.7 Å². The lowest BCUT2D eigenvalue weighted by Crippen LogP contribution is -2.35. The van der Waals surface area contributed by atoms with E-state index in [2.05, 4.69) is 34.2 Å². The molecular formula is C26H27N3O4S2. The maximum absolute atomic E-state index is 13.4. The maximum Gasteiger partial charge on any atom is 0.264 e. The summed E-state index contributed by atoms with van der Waals surface area (Å²) < 4.78 is 42.3. The standard InChI is InChI=1S/C26H27N3O4S2/c1-26(2,3)19-9-11-21(12-10-19)35(31,32)29-25(30)22(15-17-6-5-7-20(14-17)33-4)18-8-13-23-24(16-18)28-34-27-23/h5-14,16,22H,15H2,1-4H3,(H,29,30). The van der Waals surface area contributed by atoms with Gasteiger partial charge in [-0.2, -0.15) is 8.75 Å². The van der Waals surface area contributed by atoms with Gasteiger partial charge in [0, 0.05) is 0 Å². The first-order chi connectivity index (χ1) is 16.6. The number of hydrogen-bond acceptors (Lipinski definition) is 7. The fourth-order valence-electron chi connectivity index (χ4n) is 3.81. The molecule has 0 saturated carbocycles. The predicted octanol–water partition coefficient (Wildman–Crippen LogP) is 4.83. The molecule has 0 aliphatic carbocycles. The van der Waals surface area contributed by atoms with Crippen LogP contribution in [0.1, 0.15) is 43.4 Å². The average molecular weight is 510 g/mol. The molecule has 1 aromatic heterocycles. The molecule has 0 radical (unpaired) electrons. The van der Waals surface area contributed by atoms with Gasteiger partial charge in [-0.25, -0.2) is 13.1 Å². The number of fused-ring (bicyclic) bond motifs is 1. The van der Waals surface area contributed by atoms with Gasteiger partial charge in [0.25, 0.3) is 10.0 Å².